The highest BCUT2D eigenvalue weighted by atomic mass is 35.5. The van der Waals surface area contributed by atoms with E-state index < -0.39 is 24.1 Å². The number of anilines is 1. The first kappa shape index (κ1) is 14.9. The van der Waals surface area contributed by atoms with Crippen molar-refractivity contribution >= 4 is 40.9 Å². The highest BCUT2D eigenvalue weighted by Crippen LogP contribution is 2.27. The van der Waals surface area contributed by atoms with E-state index in [1.54, 1.807) is 6.07 Å². The first-order valence-corrected chi connectivity index (χ1v) is 6.57. The summed E-state index contributed by atoms with van der Waals surface area (Å²) in [5, 5.41) is 21.7. The molecule has 0 aliphatic carbocycles. The van der Waals surface area contributed by atoms with Gasteiger partial charge in [-0.25, -0.2) is 9.59 Å². The van der Waals surface area contributed by atoms with E-state index in [4.69, 9.17) is 28.3 Å². The van der Waals surface area contributed by atoms with Gasteiger partial charge in [0.25, 0.3) is 0 Å². The van der Waals surface area contributed by atoms with Gasteiger partial charge in [-0.2, -0.15) is 0 Å². The molecule has 0 radical (unpaired) electrons. The topological polar surface area (TPSA) is 89.9 Å². The third-order valence-corrected chi connectivity index (χ3v) is 3.56. The molecule has 6 nitrogen and oxygen atoms in total. The van der Waals surface area contributed by atoms with Gasteiger partial charge in [0.2, 0.25) is 0 Å². The van der Waals surface area contributed by atoms with E-state index in [1.165, 1.54) is 12.1 Å². The zero-order chi connectivity index (χ0) is 14.9. The van der Waals surface area contributed by atoms with Gasteiger partial charge in [0.05, 0.1) is 16.8 Å². The van der Waals surface area contributed by atoms with Gasteiger partial charge in [-0.05, 0) is 18.2 Å². The number of aliphatic carboxylic acids is 1. The average Bonchev–Trinajstić information content (AvgIpc) is 2.76. The number of amides is 2. The van der Waals surface area contributed by atoms with E-state index in [1.807, 2.05) is 0 Å². The normalized spacial score (nSPS) is 21.9. The Kier molecular flexibility index (Phi) is 4.37. The molecule has 8 heteroatoms. The van der Waals surface area contributed by atoms with Crippen LogP contribution in [0.1, 0.15) is 6.42 Å². The molecule has 1 aromatic rings. The minimum Gasteiger partial charge on any atom is -0.480 e. The lowest BCUT2D eigenvalue weighted by Gasteiger charge is -2.21. The van der Waals surface area contributed by atoms with Gasteiger partial charge in [-0.15, -0.1) is 0 Å². The Morgan fingerprint density at radius 1 is 1.35 bits per heavy atom. The number of aliphatic hydroxyl groups is 1. The largest absolute Gasteiger partial charge is 0.480 e. The van der Waals surface area contributed by atoms with Crippen molar-refractivity contribution in [3.63, 3.8) is 0 Å². The van der Waals surface area contributed by atoms with Crippen LogP contribution in [0.4, 0.5) is 10.5 Å². The van der Waals surface area contributed by atoms with Crippen molar-refractivity contribution in [3.8, 4) is 0 Å². The van der Waals surface area contributed by atoms with Crippen LogP contribution in [0.3, 0.4) is 0 Å². The number of carboxylic acids is 1. The van der Waals surface area contributed by atoms with Crippen LogP contribution >= 0.6 is 23.2 Å². The molecule has 2 atom stereocenters. The number of carbonyl (C=O) groups is 2. The monoisotopic (exact) mass is 318 g/mol. The van der Waals surface area contributed by atoms with Gasteiger partial charge in [0.1, 0.15) is 6.04 Å². The van der Waals surface area contributed by atoms with Gasteiger partial charge in [0, 0.05) is 18.0 Å². The number of nitrogens with zero attached hydrogens (tertiary/aromatic N) is 1. The standard InChI is InChI=1S/C12H12Cl2N2O4/c13-6-1-2-8(14)9(3-6)15-12(20)16-5-7(17)4-10(16)11(18)19/h1-3,7,10,17H,4-5H2,(H,15,20)(H,18,19)/t7-,10+/m1/s1. The number of β-amino-alcohol motifs (C(OH)–C–C–N with tert-alkyl or cyclic N) is 1. The van der Waals surface area contributed by atoms with Crippen LogP contribution in [0, 0.1) is 0 Å². The van der Waals surface area contributed by atoms with E-state index in [-0.39, 0.29) is 23.7 Å². The van der Waals surface area contributed by atoms with Gasteiger partial charge in [0.15, 0.2) is 0 Å². The second-order valence-electron chi connectivity index (χ2n) is 4.45. The summed E-state index contributed by atoms with van der Waals surface area (Å²) in [5.74, 6) is -1.16. The first-order valence-electron chi connectivity index (χ1n) is 5.82. The van der Waals surface area contributed by atoms with Crippen molar-refractivity contribution in [2.75, 3.05) is 11.9 Å². The first-order chi connectivity index (χ1) is 9.38. The molecular formula is C12H12Cl2N2O4. The Bertz CT molecular complexity index is 552. The molecule has 3 N–H and O–H groups in total. The molecule has 108 valence electrons. The summed E-state index contributed by atoms with van der Waals surface area (Å²) in [6, 6.07) is 2.86. The van der Waals surface area contributed by atoms with E-state index in [0.717, 1.165) is 4.90 Å². The van der Waals surface area contributed by atoms with Crippen LogP contribution in [-0.2, 0) is 4.79 Å². The third-order valence-electron chi connectivity index (χ3n) is 2.99. The lowest BCUT2D eigenvalue weighted by molar-refractivity contribution is -0.141. The van der Waals surface area contributed by atoms with Crippen LogP contribution in [0.25, 0.3) is 0 Å². The van der Waals surface area contributed by atoms with Crippen LogP contribution in [0.5, 0.6) is 0 Å². The van der Waals surface area contributed by atoms with E-state index in [0.29, 0.717) is 5.02 Å². The summed E-state index contributed by atoms with van der Waals surface area (Å²) < 4.78 is 0. The van der Waals surface area contributed by atoms with Crippen molar-refractivity contribution < 1.29 is 19.8 Å². The molecule has 1 heterocycles. The molecule has 2 amide bonds. The average molecular weight is 319 g/mol. The number of nitrogens with one attached hydrogen (secondary N) is 1. The molecule has 20 heavy (non-hydrogen) atoms. The summed E-state index contributed by atoms with van der Waals surface area (Å²) in [4.78, 5) is 24.2. The predicted octanol–water partition coefficient (Wildman–Crippen LogP) is 2.05. The lowest BCUT2D eigenvalue weighted by Crippen LogP contribution is -2.43. The molecule has 0 aromatic heterocycles. The van der Waals surface area contributed by atoms with E-state index in [2.05, 4.69) is 5.32 Å². The molecule has 1 aliphatic heterocycles. The van der Waals surface area contributed by atoms with Crippen molar-refractivity contribution in [3.05, 3.63) is 28.2 Å². The highest BCUT2D eigenvalue weighted by Gasteiger charge is 2.39. The minimum atomic E-state index is -1.16. The Labute approximate surface area is 124 Å². The number of aliphatic hydroxyl groups excluding tert-OH is 1. The molecule has 0 unspecified atom stereocenters. The van der Waals surface area contributed by atoms with Crippen molar-refractivity contribution in [2.45, 2.75) is 18.6 Å². The SMILES string of the molecule is O=C(O)[C@@H]1C[C@@H](O)CN1C(=O)Nc1cc(Cl)ccc1Cl. The highest BCUT2D eigenvalue weighted by molar-refractivity contribution is 6.35. The second kappa shape index (κ2) is 5.87. The number of halogens is 2. The maximum Gasteiger partial charge on any atom is 0.326 e. The van der Waals surface area contributed by atoms with Crippen molar-refractivity contribution in [1.82, 2.24) is 4.90 Å². The molecule has 1 aromatic carbocycles. The van der Waals surface area contributed by atoms with E-state index in [9.17, 15) is 14.7 Å². The Morgan fingerprint density at radius 3 is 2.70 bits per heavy atom. The van der Waals surface area contributed by atoms with Crippen LogP contribution in [0.15, 0.2) is 18.2 Å². The fraction of sp³-hybridized carbons (Fsp3) is 0.333. The number of urea groups is 1. The van der Waals surface area contributed by atoms with Crippen LogP contribution in [0.2, 0.25) is 10.0 Å². The number of carboxylic acid groups (broad SMARTS) is 1. The van der Waals surface area contributed by atoms with Gasteiger partial charge in [-0.1, -0.05) is 23.2 Å². The number of hydrogen-bond acceptors (Lipinski definition) is 3. The molecular weight excluding hydrogens is 307 g/mol. The summed E-state index contributed by atoms with van der Waals surface area (Å²) in [6.45, 7) is -0.0407. The lowest BCUT2D eigenvalue weighted by atomic mass is 10.2. The van der Waals surface area contributed by atoms with Crippen molar-refractivity contribution in [2.24, 2.45) is 0 Å². The zero-order valence-electron chi connectivity index (χ0n) is 10.2. The molecule has 0 bridgehead atoms. The fourth-order valence-corrected chi connectivity index (χ4v) is 2.39. The van der Waals surface area contributed by atoms with Gasteiger partial charge >= 0.3 is 12.0 Å². The molecule has 0 saturated carbocycles. The predicted molar refractivity (Wildman–Crippen MR) is 74.2 cm³/mol. The zero-order valence-corrected chi connectivity index (χ0v) is 11.7. The second-order valence-corrected chi connectivity index (χ2v) is 5.29. The van der Waals surface area contributed by atoms with Gasteiger partial charge in [-0.3, -0.25) is 0 Å². The van der Waals surface area contributed by atoms with Crippen LogP contribution < -0.4 is 5.32 Å². The molecule has 0 spiro atoms. The number of rotatable bonds is 2. The van der Waals surface area contributed by atoms with E-state index >= 15 is 0 Å². The minimum absolute atomic E-state index is 0.00598. The maximum atomic E-state index is 12.1. The Morgan fingerprint density at radius 2 is 2.05 bits per heavy atom. The Balaban J connectivity index is 2.15. The maximum absolute atomic E-state index is 12.1. The summed E-state index contributed by atoms with van der Waals surface area (Å²) in [5.41, 5.74) is 0.287. The van der Waals surface area contributed by atoms with Crippen LogP contribution in [-0.4, -0.2) is 45.8 Å². The summed E-state index contributed by atoms with van der Waals surface area (Å²) in [7, 11) is 0. The summed E-state index contributed by atoms with van der Waals surface area (Å²) in [6.07, 6.45) is -0.844. The number of hydrogen-bond donors (Lipinski definition) is 3. The van der Waals surface area contributed by atoms with Gasteiger partial charge < -0.3 is 20.4 Å². The summed E-state index contributed by atoms with van der Waals surface area (Å²) >= 11 is 11.7. The smallest absolute Gasteiger partial charge is 0.326 e. The Hall–Kier alpha value is -1.50. The number of carbonyl (C=O) groups excluding carboxylic acids is 1. The molecule has 1 fully saturated rings. The number of benzene rings is 1. The molecule has 2 rings (SSSR count). The van der Waals surface area contributed by atoms with Crippen molar-refractivity contribution in [1.29, 1.82) is 0 Å². The number of likely N-dealkylation sites (tertiary alicyclic amines) is 1. The molecule has 1 saturated heterocycles. The third kappa shape index (κ3) is 3.15. The fourth-order valence-electron chi connectivity index (χ4n) is 2.05. The molecule has 1 aliphatic rings. The quantitative estimate of drug-likeness (QED) is 0.778.